The summed E-state index contributed by atoms with van der Waals surface area (Å²) in [5.74, 6) is 0.661. The zero-order chi connectivity index (χ0) is 13.0. The number of nitrogens with zero attached hydrogens (tertiary/aromatic N) is 2. The summed E-state index contributed by atoms with van der Waals surface area (Å²) in [7, 11) is 0. The molecule has 1 saturated heterocycles. The number of carbonyl (C=O) groups is 1. The van der Waals surface area contributed by atoms with E-state index in [1.807, 2.05) is 11.8 Å². The van der Waals surface area contributed by atoms with Gasteiger partial charge in [-0.3, -0.25) is 9.78 Å². The molecule has 1 aliphatic rings. The van der Waals surface area contributed by atoms with E-state index >= 15 is 0 Å². The Morgan fingerprint density at radius 1 is 1.67 bits per heavy atom. The van der Waals surface area contributed by atoms with Crippen molar-refractivity contribution in [3.05, 3.63) is 24.5 Å². The summed E-state index contributed by atoms with van der Waals surface area (Å²) >= 11 is 0. The number of aromatic nitrogens is 1. The molecule has 2 atom stereocenters. The highest BCUT2D eigenvalue weighted by atomic mass is 16.5. The SMILES string of the molecule is CC(Oc1cccnc1)C(=O)N1CCNCC1C. The smallest absolute Gasteiger partial charge is 0.263 e. The van der Waals surface area contributed by atoms with E-state index < -0.39 is 6.10 Å². The van der Waals surface area contributed by atoms with E-state index in [0.717, 1.165) is 19.6 Å². The van der Waals surface area contributed by atoms with Gasteiger partial charge in [0.25, 0.3) is 5.91 Å². The first-order valence-electron chi connectivity index (χ1n) is 6.26. The first-order valence-corrected chi connectivity index (χ1v) is 6.26. The van der Waals surface area contributed by atoms with Crippen LogP contribution in [0.15, 0.2) is 24.5 Å². The fourth-order valence-electron chi connectivity index (χ4n) is 2.07. The maximum Gasteiger partial charge on any atom is 0.263 e. The quantitative estimate of drug-likeness (QED) is 0.855. The van der Waals surface area contributed by atoms with Gasteiger partial charge in [-0.15, -0.1) is 0 Å². The van der Waals surface area contributed by atoms with E-state index in [9.17, 15) is 4.79 Å². The molecule has 0 saturated carbocycles. The van der Waals surface area contributed by atoms with Crippen LogP contribution >= 0.6 is 0 Å². The fraction of sp³-hybridized carbons (Fsp3) is 0.538. The van der Waals surface area contributed by atoms with Crippen molar-refractivity contribution in [2.24, 2.45) is 0 Å². The van der Waals surface area contributed by atoms with Gasteiger partial charge in [0.15, 0.2) is 6.10 Å². The highest BCUT2D eigenvalue weighted by Crippen LogP contribution is 2.12. The molecule has 98 valence electrons. The lowest BCUT2D eigenvalue weighted by molar-refractivity contribution is -0.140. The molecule has 2 heterocycles. The van der Waals surface area contributed by atoms with Crippen molar-refractivity contribution in [1.82, 2.24) is 15.2 Å². The standard InChI is InChI=1S/C13H19N3O2/c1-10-8-15-6-7-16(10)13(17)11(2)18-12-4-3-5-14-9-12/h3-5,9-11,15H,6-8H2,1-2H3. The number of nitrogens with one attached hydrogen (secondary N) is 1. The van der Waals surface area contributed by atoms with Gasteiger partial charge in [-0.1, -0.05) is 0 Å². The molecule has 0 spiro atoms. The number of pyridine rings is 1. The van der Waals surface area contributed by atoms with Crippen molar-refractivity contribution < 1.29 is 9.53 Å². The summed E-state index contributed by atoms with van der Waals surface area (Å²) in [6.45, 7) is 6.24. The number of hydrogen-bond acceptors (Lipinski definition) is 4. The van der Waals surface area contributed by atoms with Gasteiger partial charge in [0.05, 0.1) is 6.20 Å². The third-order valence-electron chi connectivity index (χ3n) is 3.08. The van der Waals surface area contributed by atoms with Crippen LogP contribution in [-0.4, -0.2) is 47.6 Å². The normalized spacial score (nSPS) is 21.4. The van der Waals surface area contributed by atoms with Crippen LogP contribution in [0.25, 0.3) is 0 Å². The maximum atomic E-state index is 12.3. The summed E-state index contributed by atoms with van der Waals surface area (Å²) in [6.07, 6.45) is 2.82. The number of amides is 1. The highest BCUT2D eigenvalue weighted by Gasteiger charge is 2.27. The zero-order valence-corrected chi connectivity index (χ0v) is 10.8. The molecule has 18 heavy (non-hydrogen) atoms. The molecule has 0 aliphatic carbocycles. The predicted octanol–water partition coefficient (Wildman–Crippen LogP) is 0.669. The van der Waals surface area contributed by atoms with Gasteiger partial charge in [0, 0.05) is 31.9 Å². The molecule has 5 heteroatoms. The zero-order valence-electron chi connectivity index (χ0n) is 10.8. The molecular weight excluding hydrogens is 230 g/mol. The monoisotopic (exact) mass is 249 g/mol. The van der Waals surface area contributed by atoms with Crippen LogP contribution < -0.4 is 10.1 Å². The lowest BCUT2D eigenvalue weighted by atomic mass is 10.2. The van der Waals surface area contributed by atoms with Crippen molar-refractivity contribution in [1.29, 1.82) is 0 Å². The lowest BCUT2D eigenvalue weighted by Crippen LogP contribution is -2.55. The van der Waals surface area contributed by atoms with Crippen LogP contribution in [-0.2, 0) is 4.79 Å². The van der Waals surface area contributed by atoms with Crippen LogP contribution in [0.1, 0.15) is 13.8 Å². The lowest BCUT2D eigenvalue weighted by Gasteiger charge is -2.35. The Balaban J connectivity index is 1.96. The van der Waals surface area contributed by atoms with Crippen molar-refractivity contribution in [2.75, 3.05) is 19.6 Å². The second-order valence-corrected chi connectivity index (χ2v) is 4.53. The first kappa shape index (κ1) is 12.8. The fourth-order valence-corrected chi connectivity index (χ4v) is 2.07. The predicted molar refractivity (Wildman–Crippen MR) is 68.4 cm³/mol. The van der Waals surface area contributed by atoms with Gasteiger partial charge in [-0.2, -0.15) is 0 Å². The molecule has 1 aliphatic heterocycles. The molecule has 5 nitrogen and oxygen atoms in total. The number of rotatable bonds is 3. The van der Waals surface area contributed by atoms with E-state index in [-0.39, 0.29) is 11.9 Å². The Morgan fingerprint density at radius 3 is 3.17 bits per heavy atom. The van der Waals surface area contributed by atoms with Gasteiger partial charge in [0.1, 0.15) is 5.75 Å². The molecule has 1 aromatic rings. The van der Waals surface area contributed by atoms with Gasteiger partial charge >= 0.3 is 0 Å². The summed E-state index contributed by atoms with van der Waals surface area (Å²) in [4.78, 5) is 18.1. The minimum Gasteiger partial charge on any atom is -0.479 e. The van der Waals surface area contributed by atoms with Crippen LogP contribution in [0, 0.1) is 0 Å². The second kappa shape index (κ2) is 5.82. The summed E-state index contributed by atoms with van der Waals surface area (Å²) in [5.41, 5.74) is 0. The highest BCUT2D eigenvalue weighted by molar-refractivity contribution is 5.81. The molecular formula is C13H19N3O2. The Morgan fingerprint density at radius 2 is 2.50 bits per heavy atom. The van der Waals surface area contributed by atoms with Crippen LogP contribution in [0.4, 0.5) is 0 Å². The van der Waals surface area contributed by atoms with Crippen LogP contribution in [0.5, 0.6) is 5.75 Å². The topological polar surface area (TPSA) is 54.5 Å². The van der Waals surface area contributed by atoms with E-state index in [4.69, 9.17) is 4.74 Å². The maximum absolute atomic E-state index is 12.3. The third-order valence-corrected chi connectivity index (χ3v) is 3.08. The minimum atomic E-state index is -0.477. The van der Waals surface area contributed by atoms with Crippen LogP contribution in [0.2, 0.25) is 0 Å². The number of piperazine rings is 1. The molecule has 1 N–H and O–H groups in total. The molecule has 0 aromatic carbocycles. The Hall–Kier alpha value is -1.62. The van der Waals surface area contributed by atoms with Crippen molar-refractivity contribution >= 4 is 5.91 Å². The van der Waals surface area contributed by atoms with Crippen molar-refractivity contribution in [3.8, 4) is 5.75 Å². The molecule has 1 amide bonds. The Labute approximate surface area is 107 Å². The third kappa shape index (κ3) is 2.98. The van der Waals surface area contributed by atoms with Crippen LogP contribution in [0.3, 0.4) is 0 Å². The van der Waals surface area contributed by atoms with Gasteiger partial charge in [-0.25, -0.2) is 0 Å². The number of ether oxygens (including phenoxy) is 1. The molecule has 2 rings (SSSR count). The summed E-state index contributed by atoms with van der Waals surface area (Å²) in [5, 5.41) is 3.26. The van der Waals surface area contributed by atoms with E-state index in [1.165, 1.54) is 0 Å². The Kier molecular flexibility index (Phi) is 4.15. The van der Waals surface area contributed by atoms with Crippen molar-refractivity contribution in [2.45, 2.75) is 26.0 Å². The molecule has 0 radical (unpaired) electrons. The van der Waals surface area contributed by atoms with Gasteiger partial charge in [-0.05, 0) is 26.0 Å². The van der Waals surface area contributed by atoms with E-state index in [2.05, 4.69) is 10.3 Å². The average molecular weight is 249 g/mol. The number of carbonyl (C=O) groups excluding carboxylic acids is 1. The molecule has 1 aromatic heterocycles. The second-order valence-electron chi connectivity index (χ2n) is 4.53. The first-order chi connectivity index (χ1) is 8.68. The Bertz CT molecular complexity index is 396. The van der Waals surface area contributed by atoms with E-state index in [1.54, 1.807) is 31.5 Å². The molecule has 2 unspecified atom stereocenters. The van der Waals surface area contributed by atoms with E-state index in [0.29, 0.717) is 5.75 Å². The summed E-state index contributed by atoms with van der Waals surface area (Å²) < 4.78 is 5.60. The number of hydrogen-bond donors (Lipinski definition) is 1. The largest absolute Gasteiger partial charge is 0.479 e. The molecule has 0 bridgehead atoms. The summed E-state index contributed by atoms with van der Waals surface area (Å²) in [6, 6.07) is 3.81. The van der Waals surface area contributed by atoms with Gasteiger partial charge < -0.3 is 15.0 Å². The van der Waals surface area contributed by atoms with Crippen molar-refractivity contribution in [3.63, 3.8) is 0 Å². The minimum absolute atomic E-state index is 0.0350. The van der Waals surface area contributed by atoms with Gasteiger partial charge in [0.2, 0.25) is 0 Å². The molecule has 1 fully saturated rings. The average Bonchev–Trinajstić information content (AvgIpc) is 2.39.